The van der Waals surface area contributed by atoms with Crippen molar-refractivity contribution < 1.29 is 19.4 Å². The van der Waals surface area contributed by atoms with Crippen molar-refractivity contribution in [2.45, 2.75) is 38.0 Å². The quantitative estimate of drug-likeness (QED) is 0.718. The van der Waals surface area contributed by atoms with E-state index in [-0.39, 0.29) is 24.1 Å². The summed E-state index contributed by atoms with van der Waals surface area (Å²) in [6, 6.07) is 14.2. The maximum atomic E-state index is 12.4. The second kappa shape index (κ2) is 9.16. The predicted octanol–water partition coefficient (Wildman–Crippen LogP) is 2.50. The second-order valence-electron chi connectivity index (χ2n) is 8.72. The maximum Gasteiger partial charge on any atom is 0.290 e. The number of ether oxygens (including phenoxy) is 1. The van der Waals surface area contributed by atoms with Gasteiger partial charge in [-0.15, -0.1) is 0 Å². The van der Waals surface area contributed by atoms with E-state index in [9.17, 15) is 4.79 Å². The first kappa shape index (κ1) is 21.5. The third kappa shape index (κ3) is 4.48. The number of pyridine rings is 1. The molecule has 5 rings (SSSR count). The molecule has 7 heteroatoms. The number of amides is 1. The number of carbonyl (C=O) groups is 2. The molecule has 0 unspecified atom stereocenters. The first-order chi connectivity index (χ1) is 15.0. The Morgan fingerprint density at radius 3 is 2.81 bits per heavy atom. The van der Waals surface area contributed by atoms with Gasteiger partial charge >= 0.3 is 0 Å². The molecule has 2 aromatic rings. The Bertz CT molecular complexity index is 905. The molecule has 0 aliphatic carbocycles. The van der Waals surface area contributed by atoms with Crippen LogP contribution >= 0.6 is 0 Å². The van der Waals surface area contributed by atoms with Gasteiger partial charge in [-0.05, 0) is 37.5 Å². The summed E-state index contributed by atoms with van der Waals surface area (Å²) in [4.78, 5) is 27.5. The van der Waals surface area contributed by atoms with Gasteiger partial charge in [0.15, 0.2) is 0 Å². The predicted molar refractivity (Wildman–Crippen MR) is 116 cm³/mol. The Hall–Kier alpha value is -2.77. The Morgan fingerprint density at radius 1 is 1.32 bits per heavy atom. The highest BCUT2D eigenvalue weighted by Gasteiger charge is 2.62. The topological polar surface area (TPSA) is 91.8 Å². The van der Waals surface area contributed by atoms with Gasteiger partial charge < -0.3 is 15.2 Å². The Labute approximate surface area is 182 Å². The minimum Gasteiger partial charge on any atom is -0.483 e. The Kier molecular flexibility index (Phi) is 6.34. The van der Waals surface area contributed by atoms with Crippen molar-refractivity contribution in [1.82, 2.24) is 15.2 Å². The molecule has 1 amide bonds. The highest BCUT2D eigenvalue weighted by molar-refractivity contribution is 5.92. The van der Waals surface area contributed by atoms with Gasteiger partial charge in [0.05, 0.1) is 11.7 Å². The monoisotopic (exact) mass is 423 g/mol. The van der Waals surface area contributed by atoms with Crippen LogP contribution in [0, 0.1) is 18.8 Å². The van der Waals surface area contributed by atoms with Crippen LogP contribution in [0.4, 0.5) is 0 Å². The fraction of sp³-hybridized carbons (Fsp3) is 0.458. The lowest BCUT2D eigenvalue weighted by Crippen LogP contribution is -2.42. The molecule has 3 aliphatic rings. The van der Waals surface area contributed by atoms with E-state index in [1.807, 2.05) is 12.1 Å². The van der Waals surface area contributed by atoms with Gasteiger partial charge in [0, 0.05) is 44.2 Å². The molecule has 31 heavy (non-hydrogen) atoms. The minimum atomic E-state index is -0.250. The molecule has 2 N–H and O–H groups in total. The molecular weight excluding hydrogens is 394 g/mol. The summed E-state index contributed by atoms with van der Waals surface area (Å²) < 4.78 is 6.51. The van der Waals surface area contributed by atoms with E-state index < -0.39 is 0 Å². The number of nitrogens with zero attached hydrogens (tertiary/aromatic N) is 2. The van der Waals surface area contributed by atoms with Gasteiger partial charge in [-0.3, -0.25) is 19.5 Å². The molecule has 0 radical (unpaired) electrons. The van der Waals surface area contributed by atoms with Crippen LogP contribution in [-0.2, 0) is 16.1 Å². The van der Waals surface area contributed by atoms with Crippen molar-refractivity contribution in [3.05, 3.63) is 65.5 Å². The van der Waals surface area contributed by atoms with E-state index in [0.29, 0.717) is 24.1 Å². The van der Waals surface area contributed by atoms with Crippen LogP contribution in [0.15, 0.2) is 48.7 Å². The van der Waals surface area contributed by atoms with Crippen LogP contribution in [0.3, 0.4) is 0 Å². The molecule has 4 atom stereocenters. The molecule has 3 aliphatic heterocycles. The standard InChI is InChI=1S/C23H27N3O2.CH2O2/c1-16-5-7-17(8-6-16)13-26-14-19-18(21-9-10-23(19,15-26)28-21)12-25-22(27)20-4-2-3-11-24-20;2-1-3/h2-8,11,18-19,21H,9-10,12-15H2,1H3,(H,25,27);1H,(H,2,3)/t18-,19+,21+,23+;/m0./s1. The molecule has 3 saturated heterocycles. The number of rotatable bonds is 5. The van der Waals surface area contributed by atoms with Crippen molar-refractivity contribution in [3.8, 4) is 0 Å². The number of benzene rings is 1. The number of fused-ring (bicyclic) bond motifs is 1. The molecule has 1 aromatic heterocycles. The van der Waals surface area contributed by atoms with Gasteiger partial charge in [0.1, 0.15) is 5.69 Å². The normalized spacial score (nSPS) is 28.5. The number of aromatic nitrogens is 1. The zero-order valence-corrected chi connectivity index (χ0v) is 17.7. The van der Waals surface area contributed by atoms with E-state index >= 15 is 0 Å². The third-order valence-corrected chi connectivity index (χ3v) is 6.78. The van der Waals surface area contributed by atoms with E-state index in [1.54, 1.807) is 12.3 Å². The fourth-order valence-corrected chi connectivity index (χ4v) is 5.43. The van der Waals surface area contributed by atoms with Crippen LogP contribution < -0.4 is 5.32 Å². The Morgan fingerprint density at radius 2 is 2.10 bits per heavy atom. The number of carbonyl (C=O) groups excluding carboxylic acids is 1. The van der Waals surface area contributed by atoms with E-state index in [1.165, 1.54) is 11.1 Å². The van der Waals surface area contributed by atoms with Crippen molar-refractivity contribution in [2.75, 3.05) is 19.6 Å². The van der Waals surface area contributed by atoms with Crippen molar-refractivity contribution in [3.63, 3.8) is 0 Å². The highest BCUT2D eigenvalue weighted by atomic mass is 16.5. The van der Waals surface area contributed by atoms with Crippen LogP contribution in [0.25, 0.3) is 0 Å². The van der Waals surface area contributed by atoms with Crippen LogP contribution in [0.5, 0.6) is 0 Å². The lowest BCUT2D eigenvalue weighted by Gasteiger charge is -2.29. The number of hydrogen-bond donors (Lipinski definition) is 2. The van der Waals surface area contributed by atoms with E-state index in [0.717, 1.165) is 32.5 Å². The summed E-state index contributed by atoms with van der Waals surface area (Å²) >= 11 is 0. The molecule has 0 saturated carbocycles. The first-order valence-corrected chi connectivity index (χ1v) is 10.8. The molecule has 2 bridgehead atoms. The zero-order valence-electron chi connectivity index (χ0n) is 17.7. The lowest BCUT2D eigenvalue weighted by molar-refractivity contribution is -0.122. The fourth-order valence-electron chi connectivity index (χ4n) is 5.43. The summed E-state index contributed by atoms with van der Waals surface area (Å²) in [6.45, 7) is 5.57. The zero-order chi connectivity index (χ0) is 21.8. The highest BCUT2D eigenvalue weighted by Crippen LogP contribution is 2.54. The SMILES string of the molecule is Cc1ccc(CN2C[C@@H]3[C@H](CNC(=O)c4ccccn4)[C@H]4CC[C@]3(C2)O4)cc1.O=CO. The Balaban J connectivity index is 0.000000730. The number of aryl methyl sites for hydroxylation is 1. The molecule has 164 valence electrons. The smallest absolute Gasteiger partial charge is 0.290 e. The number of nitrogens with one attached hydrogen (secondary N) is 1. The molecular formula is C24H29N3O4. The third-order valence-electron chi connectivity index (χ3n) is 6.78. The van der Waals surface area contributed by atoms with Crippen LogP contribution in [0.2, 0.25) is 0 Å². The summed E-state index contributed by atoms with van der Waals surface area (Å²) in [5.41, 5.74) is 3.13. The second-order valence-corrected chi connectivity index (χ2v) is 8.72. The molecule has 1 spiro atoms. The van der Waals surface area contributed by atoms with Crippen molar-refractivity contribution in [1.29, 1.82) is 0 Å². The van der Waals surface area contributed by atoms with Crippen LogP contribution in [-0.4, -0.2) is 58.7 Å². The van der Waals surface area contributed by atoms with Crippen LogP contribution in [0.1, 0.15) is 34.5 Å². The first-order valence-electron chi connectivity index (χ1n) is 10.8. The van der Waals surface area contributed by atoms with Gasteiger partial charge in [-0.2, -0.15) is 0 Å². The molecule has 3 fully saturated rings. The van der Waals surface area contributed by atoms with Crippen molar-refractivity contribution in [2.24, 2.45) is 11.8 Å². The van der Waals surface area contributed by atoms with E-state index in [2.05, 4.69) is 46.4 Å². The summed E-state index contributed by atoms with van der Waals surface area (Å²) in [7, 11) is 0. The number of likely N-dealkylation sites (tertiary alicyclic amines) is 1. The summed E-state index contributed by atoms with van der Waals surface area (Å²) in [6.07, 6.45) is 4.21. The van der Waals surface area contributed by atoms with Crippen molar-refractivity contribution >= 4 is 12.4 Å². The lowest BCUT2D eigenvalue weighted by atomic mass is 9.73. The molecule has 1 aromatic carbocycles. The average molecular weight is 424 g/mol. The van der Waals surface area contributed by atoms with Gasteiger partial charge in [0.25, 0.3) is 12.4 Å². The van der Waals surface area contributed by atoms with Gasteiger partial charge in [0.2, 0.25) is 0 Å². The van der Waals surface area contributed by atoms with Gasteiger partial charge in [-0.1, -0.05) is 35.9 Å². The number of hydrogen-bond acceptors (Lipinski definition) is 5. The summed E-state index contributed by atoms with van der Waals surface area (Å²) in [5, 5.41) is 9.99. The van der Waals surface area contributed by atoms with E-state index in [4.69, 9.17) is 14.6 Å². The average Bonchev–Trinajstić information content (AvgIpc) is 3.43. The number of carboxylic acid groups (broad SMARTS) is 1. The molecule has 7 nitrogen and oxygen atoms in total. The largest absolute Gasteiger partial charge is 0.483 e. The minimum absolute atomic E-state index is 0.00421. The van der Waals surface area contributed by atoms with Gasteiger partial charge in [-0.25, -0.2) is 0 Å². The summed E-state index contributed by atoms with van der Waals surface area (Å²) in [5.74, 6) is 0.803. The molecule has 4 heterocycles. The maximum absolute atomic E-state index is 12.4.